The average molecular weight is 374 g/mol. The number of hydrogen-bond donors (Lipinski definition) is 0. The Morgan fingerprint density at radius 1 is 0.963 bits per heavy atom. The lowest BCUT2D eigenvalue weighted by Gasteiger charge is -2.23. The first kappa shape index (κ1) is 17.3. The maximum Gasteiger partial charge on any atom is 0.254 e. The van der Waals surface area contributed by atoms with Gasteiger partial charge in [0.2, 0.25) is 0 Å². The number of rotatable bonds is 5. The molecule has 6 heteroatoms. The van der Waals surface area contributed by atoms with E-state index >= 15 is 0 Å². The molecule has 2 aromatic carbocycles. The summed E-state index contributed by atoms with van der Waals surface area (Å²) < 4.78 is 0. The molecule has 0 fully saturated rings. The molecule has 0 unspecified atom stereocenters. The number of carbonyl (C=O) groups is 1. The van der Waals surface area contributed by atoms with Crippen LogP contribution in [0, 0.1) is 6.92 Å². The van der Waals surface area contributed by atoms with Crippen LogP contribution in [0.5, 0.6) is 0 Å². The number of fused-ring (bicyclic) bond motifs is 1. The topological polar surface area (TPSA) is 59.0 Å². The van der Waals surface area contributed by atoms with E-state index in [0.717, 1.165) is 27.2 Å². The van der Waals surface area contributed by atoms with Crippen LogP contribution in [-0.2, 0) is 13.1 Å². The molecule has 134 valence electrons. The third kappa shape index (κ3) is 3.85. The first-order valence-corrected chi connectivity index (χ1v) is 9.51. The largest absolute Gasteiger partial charge is 0.329 e. The third-order valence-corrected chi connectivity index (χ3v) is 5.32. The highest BCUT2D eigenvalue weighted by Gasteiger charge is 2.19. The standard InChI is InChI=1S/C21H18N4OS/c1-15-20(27-14-24-15)13-25(12-16-5-3-2-4-6-16)21(26)17-7-8-18-19(11-17)23-10-9-22-18/h2-11,14H,12-13H2,1H3. The van der Waals surface area contributed by atoms with Crippen molar-refractivity contribution in [2.75, 3.05) is 0 Å². The Hall–Kier alpha value is -3.12. The van der Waals surface area contributed by atoms with Gasteiger partial charge >= 0.3 is 0 Å². The van der Waals surface area contributed by atoms with E-state index in [4.69, 9.17) is 0 Å². The van der Waals surface area contributed by atoms with Gasteiger partial charge in [-0.25, -0.2) is 4.98 Å². The SMILES string of the molecule is Cc1ncsc1CN(Cc1ccccc1)C(=O)c1ccc2nccnc2c1. The summed E-state index contributed by atoms with van der Waals surface area (Å²) in [6, 6.07) is 15.5. The van der Waals surface area contributed by atoms with Crippen LogP contribution < -0.4 is 0 Å². The van der Waals surface area contributed by atoms with Crippen molar-refractivity contribution in [3.63, 3.8) is 0 Å². The van der Waals surface area contributed by atoms with Crippen LogP contribution in [0.4, 0.5) is 0 Å². The lowest BCUT2D eigenvalue weighted by molar-refractivity contribution is 0.0731. The van der Waals surface area contributed by atoms with Gasteiger partial charge in [-0.05, 0) is 30.7 Å². The summed E-state index contributed by atoms with van der Waals surface area (Å²) >= 11 is 1.58. The van der Waals surface area contributed by atoms with Crippen LogP contribution in [0.1, 0.15) is 26.5 Å². The summed E-state index contributed by atoms with van der Waals surface area (Å²) in [7, 11) is 0. The Labute approximate surface area is 161 Å². The predicted octanol–water partition coefficient (Wildman–Crippen LogP) is 4.24. The smallest absolute Gasteiger partial charge is 0.254 e. The van der Waals surface area contributed by atoms with Crippen LogP contribution in [0.2, 0.25) is 0 Å². The minimum atomic E-state index is -0.0285. The van der Waals surface area contributed by atoms with Gasteiger partial charge in [-0.2, -0.15) is 0 Å². The molecule has 0 saturated heterocycles. The zero-order valence-electron chi connectivity index (χ0n) is 14.9. The Bertz CT molecular complexity index is 1080. The van der Waals surface area contributed by atoms with E-state index in [1.54, 1.807) is 23.7 Å². The first-order chi connectivity index (χ1) is 13.2. The van der Waals surface area contributed by atoms with Crippen LogP contribution in [0.3, 0.4) is 0 Å². The highest BCUT2D eigenvalue weighted by Crippen LogP contribution is 2.20. The molecule has 0 radical (unpaired) electrons. The summed E-state index contributed by atoms with van der Waals surface area (Å²) in [5, 5.41) is 0. The number of amides is 1. The molecule has 0 bridgehead atoms. The van der Waals surface area contributed by atoms with E-state index in [2.05, 4.69) is 15.0 Å². The predicted molar refractivity (Wildman–Crippen MR) is 106 cm³/mol. The number of nitrogens with zero attached hydrogens (tertiary/aromatic N) is 4. The monoisotopic (exact) mass is 374 g/mol. The Balaban J connectivity index is 1.67. The van der Waals surface area contributed by atoms with E-state index in [1.807, 2.05) is 65.9 Å². The van der Waals surface area contributed by atoms with Gasteiger partial charge in [-0.15, -0.1) is 11.3 Å². The number of hydrogen-bond acceptors (Lipinski definition) is 5. The van der Waals surface area contributed by atoms with Crippen LogP contribution in [-0.4, -0.2) is 25.8 Å². The third-order valence-electron chi connectivity index (χ3n) is 4.40. The summed E-state index contributed by atoms with van der Waals surface area (Å²) in [4.78, 5) is 29.1. The molecule has 0 aliphatic heterocycles. The summed E-state index contributed by atoms with van der Waals surface area (Å²) in [5.41, 5.74) is 5.99. The van der Waals surface area contributed by atoms with Crippen LogP contribution in [0.15, 0.2) is 66.4 Å². The second-order valence-electron chi connectivity index (χ2n) is 6.27. The van der Waals surface area contributed by atoms with Gasteiger partial charge in [-0.1, -0.05) is 30.3 Å². The van der Waals surface area contributed by atoms with Crippen molar-refractivity contribution >= 4 is 28.3 Å². The summed E-state index contributed by atoms with van der Waals surface area (Å²) in [6.45, 7) is 3.04. The lowest BCUT2D eigenvalue weighted by atomic mass is 10.1. The molecule has 2 heterocycles. The zero-order valence-corrected chi connectivity index (χ0v) is 15.7. The molecule has 0 spiro atoms. The van der Waals surface area contributed by atoms with E-state index in [1.165, 1.54) is 0 Å². The molecule has 0 N–H and O–H groups in total. The molecular weight excluding hydrogens is 356 g/mol. The number of thiazole rings is 1. The number of aromatic nitrogens is 3. The van der Waals surface area contributed by atoms with Gasteiger partial charge in [0.25, 0.3) is 5.91 Å². The number of benzene rings is 2. The number of aryl methyl sites for hydroxylation is 1. The van der Waals surface area contributed by atoms with Crippen LogP contribution >= 0.6 is 11.3 Å². The fraction of sp³-hybridized carbons (Fsp3) is 0.143. The lowest BCUT2D eigenvalue weighted by Crippen LogP contribution is -2.30. The summed E-state index contributed by atoms with van der Waals surface area (Å²) in [5.74, 6) is -0.0285. The molecule has 0 atom stereocenters. The van der Waals surface area contributed by atoms with Crippen molar-refractivity contribution in [2.24, 2.45) is 0 Å². The van der Waals surface area contributed by atoms with Crippen LogP contribution in [0.25, 0.3) is 11.0 Å². The Kier molecular flexibility index (Phi) is 4.89. The molecule has 4 aromatic rings. The minimum Gasteiger partial charge on any atom is -0.329 e. The Morgan fingerprint density at radius 2 is 1.74 bits per heavy atom. The molecule has 27 heavy (non-hydrogen) atoms. The average Bonchev–Trinajstić information content (AvgIpc) is 3.12. The maximum absolute atomic E-state index is 13.3. The molecule has 2 aromatic heterocycles. The number of carbonyl (C=O) groups excluding carboxylic acids is 1. The minimum absolute atomic E-state index is 0.0285. The van der Waals surface area contributed by atoms with E-state index in [0.29, 0.717) is 18.7 Å². The fourth-order valence-electron chi connectivity index (χ4n) is 2.93. The fourth-order valence-corrected chi connectivity index (χ4v) is 3.73. The van der Waals surface area contributed by atoms with Crippen molar-refractivity contribution in [3.8, 4) is 0 Å². The highest BCUT2D eigenvalue weighted by atomic mass is 32.1. The van der Waals surface area contributed by atoms with Gasteiger partial charge in [0.1, 0.15) is 0 Å². The molecule has 0 aliphatic rings. The van der Waals surface area contributed by atoms with Gasteiger partial charge in [-0.3, -0.25) is 14.8 Å². The zero-order chi connectivity index (χ0) is 18.6. The van der Waals surface area contributed by atoms with E-state index in [-0.39, 0.29) is 5.91 Å². The van der Waals surface area contributed by atoms with E-state index in [9.17, 15) is 4.79 Å². The molecule has 0 saturated carbocycles. The molecule has 1 amide bonds. The molecule has 5 nitrogen and oxygen atoms in total. The van der Waals surface area contributed by atoms with Crippen molar-refractivity contribution in [1.29, 1.82) is 0 Å². The van der Waals surface area contributed by atoms with Gasteiger partial charge < -0.3 is 4.90 Å². The van der Waals surface area contributed by atoms with Gasteiger partial charge in [0.15, 0.2) is 0 Å². The summed E-state index contributed by atoms with van der Waals surface area (Å²) in [6.07, 6.45) is 3.29. The second-order valence-corrected chi connectivity index (χ2v) is 7.21. The van der Waals surface area contributed by atoms with Crippen molar-refractivity contribution < 1.29 is 4.79 Å². The molecule has 4 rings (SSSR count). The maximum atomic E-state index is 13.3. The highest BCUT2D eigenvalue weighted by molar-refractivity contribution is 7.09. The van der Waals surface area contributed by atoms with Crippen molar-refractivity contribution in [2.45, 2.75) is 20.0 Å². The quantitative estimate of drug-likeness (QED) is 0.524. The molecule has 0 aliphatic carbocycles. The Morgan fingerprint density at radius 3 is 2.48 bits per heavy atom. The molecular formula is C21H18N4OS. The normalized spacial score (nSPS) is 10.9. The van der Waals surface area contributed by atoms with E-state index < -0.39 is 0 Å². The second kappa shape index (κ2) is 7.63. The van der Waals surface area contributed by atoms with Gasteiger partial charge in [0, 0.05) is 29.4 Å². The van der Waals surface area contributed by atoms with Crippen molar-refractivity contribution in [3.05, 3.63) is 88.1 Å². The van der Waals surface area contributed by atoms with Gasteiger partial charge in [0.05, 0.1) is 28.8 Å². The van der Waals surface area contributed by atoms with Crippen molar-refractivity contribution in [1.82, 2.24) is 19.9 Å². The first-order valence-electron chi connectivity index (χ1n) is 8.63.